The third kappa shape index (κ3) is 3.32. The largest absolute Gasteiger partial charge is 0.367 e. The topological polar surface area (TPSA) is 32.3 Å². The molecule has 4 rings (SSSR count). The number of rotatable bonds is 3. The highest BCUT2D eigenvalue weighted by atomic mass is 32.1. The fourth-order valence-corrected chi connectivity index (χ4v) is 3.95. The van der Waals surface area contributed by atoms with Crippen LogP contribution in [-0.2, 0) is 13.0 Å². The maximum Gasteiger partial charge on any atom is 0.255 e. The normalized spacial score (nSPS) is 13.4. The van der Waals surface area contributed by atoms with Crippen LogP contribution >= 0.6 is 11.3 Å². The van der Waals surface area contributed by atoms with E-state index in [-0.39, 0.29) is 5.56 Å². The first-order chi connectivity index (χ1) is 12.6. The van der Waals surface area contributed by atoms with Crippen LogP contribution in [0.15, 0.2) is 53.9 Å². The molecule has 2 heterocycles. The van der Waals surface area contributed by atoms with Crippen LogP contribution in [0.4, 0.5) is 20.2 Å². The van der Waals surface area contributed by atoms with Gasteiger partial charge in [-0.3, -0.25) is 4.79 Å². The van der Waals surface area contributed by atoms with Crippen molar-refractivity contribution in [2.45, 2.75) is 13.0 Å². The summed E-state index contributed by atoms with van der Waals surface area (Å²) in [5, 5.41) is 4.83. The number of hydrogen-bond donors (Lipinski definition) is 1. The number of carbonyl (C=O) groups excluding carboxylic acids is 1. The van der Waals surface area contributed by atoms with Crippen LogP contribution in [0.25, 0.3) is 0 Å². The van der Waals surface area contributed by atoms with E-state index < -0.39 is 17.5 Å². The highest BCUT2D eigenvalue weighted by Crippen LogP contribution is 2.28. The Kier molecular flexibility index (Phi) is 4.42. The maximum atomic E-state index is 13.3. The average Bonchev–Trinajstić information content (AvgIpc) is 3.12. The lowest BCUT2D eigenvalue weighted by atomic mass is 10.1. The average molecular weight is 370 g/mol. The molecule has 0 aliphatic carbocycles. The van der Waals surface area contributed by atoms with Gasteiger partial charge in [0, 0.05) is 34.9 Å². The second-order valence-corrected chi connectivity index (χ2v) is 7.17. The number of halogens is 2. The number of fused-ring (bicyclic) bond motifs is 1. The van der Waals surface area contributed by atoms with Gasteiger partial charge in [0.25, 0.3) is 5.91 Å². The van der Waals surface area contributed by atoms with Crippen LogP contribution in [-0.4, -0.2) is 12.5 Å². The number of anilines is 2. The van der Waals surface area contributed by atoms with Crippen molar-refractivity contribution in [1.82, 2.24) is 0 Å². The number of carbonyl (C=O) groups is 1. The number of benzene rings is 2. The van der Waals surface area contributed by atoms with Crippen LogP contribution in [0.1, 0.15) is 20.8 Å². The molecule has 1 amide bonds. The molecule has 0 atom stereocenters. The zero-order valence-corrected chi connectivity index (χ0v) is 14.7. The summed E-state index contributed by atoms with van der Waals surface area (Å²) in [6.07, 6.45) is 1.04. The minimum absolute atomic E-state index is 0.0778. The van der Waals surface area contributed by atoms with E-state index >= 15 is 0 Å². The molecule has 26 heavy (non-hydrogen) atoms. The Morgan fingerprint density at radius 3 is 2.62 bits per heavy atom. The van der Waals surface area contributed by atoms with Gasteiger partial charge in [0.05, 0.1) is 0 Å². The molecule has 0 saturated carbocycles. The maximum absolute atomic E-state index is 13.3. The Morgan fingerprint density at radius 1 is 1.04 bits per heavy atom. The molecule has 132 valence electrons. The molecule has 2 aromatic carbocycles. The summed E-state index contributed by atoms with van der Waals surface area (Å²) < 4.78 is 26.2. The van der Waals surface area contributed by atoms with E-state index in [0.717, 1.165) is 37.3 Å². The van der Waals surface area contributed by atoms with Gasteiger partial charge in [-0.15, -0.1) is 11.3 Å². The molecule has 1 N–H and O–H groups in total. The van der Waals surface area contributed by atoms with Gasteiger partial charge in [-0.05, 0) is 65.9 Å². The standard InChI is InChI=1S/C20H16F2N2OS/c21-17-6-1-13(11-18(17)22)20(25)23-15-2-4-16(5-3-15)24-9-7-19-14(12-24)8-10-26-19/h1-6,8,10-11H,7,9,12H2,(H,23,25). The SMILES string of the molecule is O=C(Nc1ccc(N2CCc3sccc3C2)cc1)c1ccc(F)c(F)c1. The second-order valence-electron chi connectivity index (χ2n) is 6.17. The van der Waals surface area contributed by atoms with E-state index in [2.05, 4.69) is 21.7 Å². The lowest BCUT2D eigenvalue weighted by molar-refractivity contribution is 0.102. The van der Waals surface area contributed by atoms with E-state index in [1.165, 1.54) is 16.5 Å². The van der Waals surface area contributed by atoms with Gasteiger partial charge in [-0.2, -0.15) is 0 Å². The fourth-order valence-electron chi connectivity index (χ4n) is 3.07. The third-order valence-corrected chi connectivity index (χ3v) is 5.50. The van der Waals surface area contributed by atoms with Crippen molar-refractivity contribution in [1.29, 1.82) is 0 Å². The van der Waals surface area contributed by atoms with Gasteiger partial charge in [0.15, 0.2) is 11.6 Å². The molecule has 1 aliphatic heterocycles. The minimum atomic E-state index is -1.04. The summed E-state index contributed by atoms with van der Waals surface area (Å²) in [7, 11) is 0. The number of nitrogens with one attached hydrogen (secondary N) is 1. The highest BCUT2D eigenvalue weighted by Gasteiger charge is 2.17. The highest BCUT2D eigenvalue weighted by molar-refractivity contribution is 7.10. The second kappa shape index (κ2) is 6.88. The van der Waals surface area contributed by atoms with E-state index in [1.807, 2.05) is 35.6 Å². The van der Waals surface area contributed by atoms with E-state index in [1.54, 1.807) is 0 Å². The monoisotopic (exact) mass is 370 g/mol. The van der Waals surface area contributed by atoms with Crippen molar-refractivity contribution in [3.63, 3.8) is 0 Å². The zero-order chi connectivity index (χ0) is 18.1. The molecule has 3 nitrogen and oxygen atoms in total. The van der Waals surface area contributed by atoms with Crippen LogP contribution in [0, 0.1) is 11.6 Å². The van der Waals surface area contributed by atoms with Gasteiger partial charge in [0.1, 0.15) is 0 Å². The van der Waals surface area contributed by atoms with Crippen molar-refractivity contribution in [2.24, 2.45) is 0 Å². The fraction of sp³-hybridized carbons (Fsp3) is 0.150. The number of hydrogen-bond acceptors (Lipinski definition) is 3. The van der Waals surface area contributed by atoms with Gasteiger partial charge >= 0.3 is 0 Å². The molecule has 1 aromatic heterocycles. The Bertz CT molecular complexity index is 953. The summed E-state index contributed by atoms with van der Waals surface area (Å²) in [4.78, 5) is 15.9. The molecule has 3 aromatic rings. The van der Waals surface area contributed by atoms with Gasteiger partial charge in [-0.1, -0.05) is 0 Å². The Labute approximate surface area is 153 Å². The molecule has 0 unspecified atom stereocenters. The number of nitrogens with zero attached hydrogens (tertiary/aromatic N) is 1. The quantitative estimate of drug-likeness (QED) is 0.715. The summed E-state index contributed by atoms with van der Waals surface area (Å²) in [6.45, 7) is 1.85. The molecular formula is C20H16F2N2OS. The molecule has 0 radical (unpaired) electrons. The molecule has 0 fully saturated rings. The molecule has 6 heteroatoms. The van der Waals surface area contributed by atoms with Gasteiger partial charge in [0.2, 0.25) is 0 Å². The first-order valence-corrected chi connectivity index (χ1v) is 9.15. The van der Waals surface area contributed by atoms with Crippen molar-refractivity contribution in [2.75, 3.05) is 16.8 Å². The van der Waals surface area contributed by atoms with Crippen LogP contribution in [0.5, 0.6) is 0 Å². The molecular weight excluding hydrogens is 354 g/mol. The number of amides is 1. The van der Waals surface area contributed by atoms with Crippen molar-refractivity contribution in [3.8, 4) is 0 Å². The Balaban J connectivity index is 1.44. The Hall–Kier alpha value is -2.73. The lowest BCUT2D eigenvalue weighted by Crippen LogP contribution is -2.29. The molecule has 0 saturated heterocycles. The van der Waals surface area contributed by atoms with Crippen LogP contribution in [0.3, 0.4) is 0 Å². The molecule has 0 spiro atoms. The first-order valence-electron chi connectivity index (χ1n) is 8.27. The van der Waals surface area contributed by atoms with E-state index in [4.69, 9.17) is 0 Å². The van der Waals surface area contributed by atoms with E-state index in [9.17, 15) is 13.6 Å². The van der Waals surface area contributed by atoms with Gasteiger partial charge in [-0.25, -0.2) is 8.78 Å². The smallest absolute Gasteiger partial charge is 0.255 e. The summed E-state index contributed by atoms with van der Waals surface area (Å²) in [6, 6.07) is 12.8. The molecule has 1 aliphatic rings. The van der Waals surface area contributed by atoms with E-state index in [0.29, 0.717) is 5.69 Å². The predicted octanol–water partition coefficient (Wildman–Crippen LogP) is 4.84. The predicted molar refractivity (Wildman–Crippen MR) is 99.8 cm³/mol. The van der Waals surface area contributed by atoms with Gasteiger partial charge < -0.3 is 10.2 Å². The zero-order valence-electron chi connectivity index (χ0n) is 13.8. The third-order valence-electron chi connectivity index (χ3n) is 4.48. The van der Waals surface area contributed by atoms with Crippen LogP contribution < -0.4 is 10.2 Å². The molecule has 0 bridgehead atoms. The number of thiophene rings is 1. The summed E-state index contributed by atoms with van der Waals surface area (Å²) in [5.41, 5.74) is 3.15. The van der Waals surface area contributed by atoms with Crippen molar-refractivity contribution >= 4 is 28.6 Å². The van der Waals surface area contributed by atoms with Crippen LogP contribution in [0.2, 0.25) is 0 Å². The first kappa shape index (κ1) is 16.7. The minimum Gasteiger partial charge on any atom is -0.367 e. The van der Waals surface area contributed by atoms with Crippen molar-refractivity contribution in [3.05, 3.63) is 81.5 Å². The summed E-state index contributed by atoms with van der Waals surface area (Å²) >= 11 is 1.81. The van der Waals surface area contributed by atoms with Crippen molar-refractivity contribution < 1.29 is 13.6 Å². The lowest BCUT2D eigenvalue weighted by Gasteiger charge is -2.29. The summed E-state index contributed by atoms with van der Waals surface area (Å²) in [5.74, 6) is -2.48. The Morgan fingerprint density at radius 2 is 1.85 bits per heavy atom.